The van der Waals surface area contributed by atoms with E-state index in [4.69, 9.17) is 0 Å². The summed E-state index contributed by atoms with van der Waals surface area (Å²) in [6.45, 7) is 0. The highest BCUT2D eigenvalue weighted by atomic mass is 16.1. The van der Waals surface area contributed by atoms with Gasteiger partial charge in [0.1, 0.15) is 5.52 Å². The molecule has 1 atom stereocenters. The number of hydrogen-bond donors (Lipinski definition) is 0. The molecule has 0 saturated heterocycles. The molecule has 4 rings (SSSR count). The van der Waals surface area contributed by atoms with Gasteiger partial charge < -0.3 is 0 Å². The lowest BCUT2D eigenvalue weighted by atomic mass is 10.1. The van der Waals surface area contributed by atoms with Crippen molar-refractivity contribution in [1.29, 1.82) is 0 Å². The monoisotopic (exact) mass is 328 g/mol. The lowest BCUT2D eigenvalue weighted by Crippen LogP contribution is -2.33. The Kier molecular flexibility index (Phi) is 3.96. The Morgan fingerprint density at radius 3 is 2.20 bits per heavy atom. The van der Waals surface area contributed by atoms with Gasteiger partial charge in [0, 0.05) is 5.69 Å². The molecule has 0 radical (unpaired) electrons. The highest BCUT2D eigenvalue weighted by molar-refractivity contribution is 5.79. The number of nitrogens with zero attached hydrogens (tertiary/aromatic N) is 4. The summed E-state index contributed by atoms with van der Waals surface area (Å²) >= 11 is 0. The van der Waals surface area contributed by atoms with Crippen molar-refractivity contribution in [1.82, 2.24) is 15.0 Å². The first kappa shape index (κ1) is 15.1. The molecule has 1 unspecified atom stereocenters. The van der Waals surface area contributed by atoms with Gasteiger partial charge >= 0.3 is 0 Å². The van der Waals surface area contributed by atoms with E-state index in [1.165, 1.54) is 0 Å². The van der Waals surface area contributed by atoms with Crippen molar-refractivity contribution < 1.29 is 4.79 Å². The first-order chi connectivity index (χ1) is 12.4. The number of rotatable bonds is 5. The maximum absolute atomic E-state index is 12.0. The van der Waals surface area contributed by atoms with Gasteiger partial charge in [0.05, 0.1) is 5.52 Å². The number of hydrogen-bond acceptors (Lipinski definition) is 3. The van der Waals surface area contributed by atoms with Gasteiger partial charge in [-0.1, -0.05) is 65.9 Å². The minimum absolute atomic E-state index is 0.423. The highest BCUT2D eigenvalue weighted by Crippen LogP contribution is 2.29. The van der Waals surface area contributed by atoms with E-state index in [0.29, 0.717) is 0 Å². The number of anilines is 1. The number of aromatic nitrogens is 3. The summed E-state index contributed by atoms with van der Waals surface area (Å²) in [6.07, 6.45) is 0.414. The van der Waals surface area contributed by atoms with Crippen LogP contribution in [0, 0.1) is 0 Å². The zero-order valence-corrected chi connectivity index (χ0v) is 13.4. The molecule has 3 aromatic carbocycles. The Hall–Kier alpha value is -3.47. The fourth-order valence-corrected chi connectivity index (χ4v) is 2.97. The normalized spacial score (nSPS) is 12.0. The second-order valence-corrected chi connectivity index (χ2v) is 5.66. The molecular formula is C20H16N4O. The van der Waals surface area contributed by atoms with E-state index >= 15 is 0 Å². The number of fused-ring (bicyclic) bond motifs is 1. The van der Waals surface area contributed by atoms with Crippen LogP contribution in [0.15, 0.2) is 84.9 Å². The Labute approximate surface area is 145 Å². The summed E-state index contributed by atoms with van der Waals surface area (Å²) in [5, 5.41) is 8.58. The molecule has 0 bridgehead atoms. The first-order valence-corrected chi connectivity index (χ1v) is 8.02. The van der Waals surface area contributed by atoms with Crippen LogP contribution in [0.4, 0.5) is 5.69 Å². The second kappa shape index (κ2) is 6.57. The zero-order valence-electron chi connectivity index (χ0n) is 13.4. The van der Waals surface area contributed by atoms with Gasteiger partial charge in [-0.2, -0.15) is 0 Å². The molecule has 1 heterocycles. The molecule has 25 heavy (non-hydrogen) atoms. The lowest BCUT2D eigenvalue weighted by molar-refractivity contribution is -0.108. The standard InChI is InChI=1S/C20H16N4O/c25-15-23(17-11-5-2-6-12-17)20(16-9-3-1-4-10-16)24-19-14-8-7-13-18(19)21-22-24/h1-15,20H. The molecule has 5 heteroatoms. The Bertz CT molecular complexity index is 982. The van der Waals surface area contributed by atoms with E-state index in [9.17, 15) is 4.79 Å². The molecule has 0 spiro atoms. The molecule has 1 amide bonds. The van der Waals surface area contributed by atoms with Crippen molar-refractivity contribution in [3.63, 3.8) is 0 Å². The van der Waals surface area contributed by atoms with Gasteiger partial charge in [-0.05, 0) is 29.8 Å². The third-order valence-electron chi connectivity index (χ3n) is 4.14. The number of carbonyl (C=O) groups excluding carboxylic acids is 1. The number of benzene rings is 3. The van der Waals surface area contributed by atoms with Crippen molar-refractivity contribution in [2.75, 3.05) is 4.90 Å². The van der Waals surface area contributed by atoms with Crippen molar-refractivity contribution >= 4 is 23.1 Å². The molecule has 0 aliphatic carbocycles. The number of amides is 1. The zero-order chi connectivity index (χ0) is 17.1. The van der Waals surface area contributed by atoms with Crippen molar-refractivity contribution in [2.45, 2.75) is 6.17 Å². The minimum atomic E-state index is -0.423. The first-order valence-electron chi connectivity index (χ1n) is 8.02. The van der Waals surface area contributed by atoms with E-state index in [-0.39, 0.29) is 0 Å². The third kappa shape index (κ3) is 2.76. The molecule has 0 fully saturated rings. The predicted octanol–water partition coefficient (Wildman–Crippen LogP) is 3.64. The molecular weight excluding hydrogens is 312 g/mol. The van der Waals surface area contributed by atoms with Crippen LogP contribution in [0.3, 0.4) is 0 Å². The quantitative estimate of drug-likeness (QED) is 0.526. The second-order valence-electron chi connectivity index (χ2n) is 5.66. The topological polar surface area (TPSA) is 51.0 Å². The van der Waals surface area contributed by atoms with E-state index in [1.807, 2.05) is 84.9 Å². The van der Waals surface area contributed by atoms with Crippen LogP contribution in [-0.2, 0) is 4.79 Å². The van der Waals surface area contributed by atoms with Crippen LogP contribution in [0.25, 0.3) is 11.0 Å². The minimum Gasteiger partial charge on any atom is -0.288 e. The lowest BCUT2D eigenvalue weighted by Gasteiger charge is -2.29. The van der Waals surface area contributed by atoms with Crippen molar-refractivity contribution in [3.05, 3.63) is 90.5 Å². The van der Waals surface area contributed by atoms with Gasteiger partial charge in [0.2, 0.25) is 6.41 Å². The van der Waals surface area contributed by atoms with E-state index in [0.717, 1.165) is 28.7 Å². The highest BCUT2D eigenvalue weighted by Gasteiger charge is 2.25. The van der Waals surface area contributed by atoms with Gasteiger partial charge in [-0.3, -0.25) is 9.69 Å². The Balaban J connectivity index is 1.92. The summed E-state index contributed by atoms with van der Waals surface area (Å²) in [5.74, 6) is 0. The average molecular weight is 328 g/mol. The number of para-hydroxylation sites is 2. The predicted molar refractivity (Wildman–Crippen MR) is 97.1 cm³/mol. The van der Waals surface area contributed by atoms with Crippen LogP contribution in [0.2, 0.25) is 0 Å². The summed E-state index contributed by atoms with van der Waals surface area (Å²) in [7, 11) is 0. The maximum Gasteiger partial charge on any atom is 0.216 e. The summed E-state index contributed by atoms with van der Waals surface area (Å²) < 4.78 is 1.78. The molecule has 0 aliphatic rings. The average Bonchev–Trinajstić information content (AvgIpc) is 3.11. The van der Waals surface area contributed by atoms with Crippen LogP contribution in [0.1, 0.15) is 11.7 Å². The van der Waals surface area contributed by atoms with Crippen LogP contribution >= 0.6 is 0 Å². The van der Waals surface area contributed by atoms with Crippen LogP contribution in [-0.4, -0.2) is 21.4 Å². The molecule has 0 N–H and O–H groups in total. The SMILES string of the molecule is O=CN(c1ccccc1)C(c1ccccc1)n1nnc2ccccc21. The molecule has 0 saturated carbocycles. The van der Waals surface area contributed by atoms with Crippen LogP contribution < -0.4 is 4.90 Å². The maximum atomic E-state index is 12.0. The molecule has 0 aliphatic heterocycles. The summed E-state index contributed by atoms with van der Waals surface area (Å²) in [6, 6.07) is 27.1. The largest absolute Gasteiger partial charge is 0.288 e. The van der Waals surface area contributed by atoms with Crippen LogP contribution in [0.5, 0.6) is 0 Å². The molecule has 4 aromatic rings. The molecule has 5 nitrogen and oxygen atoms in total. The molecule has 1 aromatic heterocycles. The molecule has 122 valence electrons. The fraction of sp³-hybridized carbons (Fsp3) is 0.0500. The summed E-state index contributed by atoms with van der Waals surface area (Å²) in [4.78, 5) is 13.7. The fourth-order valence-electron chi connectivity index (χ4n) is 2.97. The van der Waals surface area contributed by atoms with E-state index in [2.05, 4.69) is 10.3 Å². The van der Waals surface area contributed by atoms with E-state index in [1.54, 1.807) is 9.58 Å². The number of carbonyl (C=O) groups is 1. The smallest absolute Gasteiger partial charge is 0.216 e. The Morgan fingerprint density at radius 1 is 0.840 bits per heavy atom. The van der Waals surface area contributed by atoms with Gasteiger partial charge in [0.25, 0.3) is 0 Å². The summed E-state index contributed by atoms with van der Waals surface area (Å²) in [5.41, 5.74) is 3.42. The Morgan fingerprint density at radius 2 is 1.48 bits per heavy atom. The van der Waals surface area contributed by atoms with Gasteiger partial charge in [0.15, 0.2) is 6.17 Å². The van der Waals surface area contributed by atoms with Gasteiger partial charge in [-0.25, -0.2) is 4.68 Å². The van der Waals surface area contributed by atoms with Crippen molar-refractivity contribution in [3.8, 4) is 0 Å². The third-order valence-corrected chi connectivity index (χ3v) is 4.14. The van der Waals surface area contributed by atoms with Gasteiger partial charge in [-0.15, -0.1) is 5.10 Å². The van der Waals surface area contributed by atoms with Crippen molar-refractivity contribution in [2.24, 2.45) is 0 Å². The van der Waals surface area contributed by atoms with E-state index < -0.39 is 6.17 Å².